The maximum atomic E-state index is 11.4. The lowest BCUT2D eigenvalue weighted by atomic mass is 10.2. The molecule has 0 N–H and O–H groups in total. The van der Waals surface area contributed by atoms with Crippen LogP contribution in [0.3, 0.4) is 0 Å². The number of isothiocyanates is 1. The number of hydrogen-bond donors (Lipinski definition) is 0. The molecule has 0 radical (unpaired) electrons. The number of benzene rings is 1. The maximum Gasteiger partial charge on any atom is 0.341 e. The van der Waals surface area contributed by atoms with Gasteiger partial charge in [-0.3, -0.25) is 0 Å². The second-order valence-corrected chi connectivity index (χ2v) is 2.74. The number of aliphatic imine (C=N–C) groups is 1. The third-order valence-corrected chi connectivity index (χ3v) is 1.86. The van der Waals surface area contributed by atoms with Crippen molar-refractivity contribution >= 4 is 29.0 Å². The Bertz CT molecular complexity index is 425. The molecule has 4 nitrogen and oxygen atoms in total. The van der Waals surface area contributed by atoms with Crippen LogP contribution in [-0.4, -0.2) is 25.4 Å². The summed E-state index contributed by atoms with van der Waals surface area (Å²) in [5.74, 6) is -0.144. The number of carbonyl (C=O) groups excluding carboxylic acids is 1. The SMILES string of the molecule is COC(=O)c1cccc(N=C=S)c1OC. The van der Waals surface area contributed by atoms with Crippen LogP contribution in [0, 0.1) is 0 Å². The number of esters is 1. The van der Waals surface area contributed by atoms with Crippen molar-refractivity contribution in [2.45, 2.75) is 0 Å². The van der Waals surface area contributed by atoms with Crippen LogP contribution in [0.1, 0.15) is 10.4 Å². The summed E-state index contributed by atoms with van der Waals surface area (Å²) in [7, 11) is 2.75. The normalized spacial score (nSPS) is 8.93. The van der Waals surface area contributed by atoms with Crippen LogP contribution in [-0.2, 0) is 4.74 Å². The lowest BCUT2D eigenvalue weighted by Gasteiger charge is -2.07. The van der Waals surface area contributed by atoms with Gasteiger partial charge < -0.3 is 9.47 Å². The number of carbonyl (C=O) groups is 1. The minimum absolute atomic E-state index is 0.312. The summed E-state index contributed by atoms with van der Waals surface area (Å²) in [6.07, 6.45) is 0. The fraction of sp³-hybridized carbons (Fsp3) is 0.200. The predicted octanol–water partition coefficient (Wildman–Crippen LogP) is 2.22. The van der Waals surface area contributed by atoms with E-state index in [1.165, 1.54) is 14.2 Å². The molecule has 1 aromatic carbocycles. The minimum atomic E-state index is -0.478. The zero-order valence-electron chi connectivity index (χ0n) is 8.31. The van der Waals surface area contributed by atoms with E-state index in [1.807, 2.05) is 0 Å². The Balaban J connectivity index is 3.33. The van der Waals surface area contributed by atoms with Gasteiger partial charge in [0.15, 0.2) is 5.75 Å². The van der Waals surface area contributed by atoms with Crippen LogP contribution in [0.2, 0.25) is 0 Å². The smallest absolute Gasteiger partial charge is 0.341 e. The molecular weight excluding hydrogens is 214 g/mol. The van der Waals surface area contributed by atoms with E-state index in [0.29, 0.717) is 17.0 Å². The number of nitrogens with zero attached hydrogens (tertiary/aromatic N) is 1. The van der Waals surface area contributed by atoms with E-state index in [0.717, 1.165) is 0 Å². The quantitative estimate of drug-likeness (QED) is 0.448. The van der Waals surface area contributed by atoms with E-state index < -0.39 is 5.97 Å². The second-order valence-electron chi connectivity index (χ2n) is 2.55. The van der Waals surface area contributed by atoms with Crippen LogP contribution in [0.4, 0.5) is 5.69 Å². The first-order valence-electron chi connectivity index (χ1n) is 4.07. The molecule has 5 heteroatoms. The van der Waals surface area contributed by atoms with Crippen molar-refractivity contribution < 1.29 is 14.3 Å². The molecule has 0 bridgehead atoms. The summed E-state index contributed by atoms with van der Waals surface area (Å²) in [6, 6.07) is 4.93. The van der Waals surface area contributed by atoms with Gasteiger partial charge in [0.2, 0.25) is 0 Å². The van der Waals surface area contributed by atoms with Gasteiger partial charge in [0.25, 0.3) is 0 Å². The fourth-order valence-electron chi connectivity index (χ4n) is 1.15. The van der Waals surface area contributed by atoms with Crippen molar-refractivity contribution in [3.05, 3.63) is 23.8 Å². The molecule has 0 aliphatic heterocycles. The lowest BCUT2D eigenvalue weighted by molar-refractivity contribution is 0.0597. The number of thiocarbonyl (C=S) groups is 1. The van der Waals surface area contributed by atoms with E-state index in [9.17, 15) is 4.79 Å². The van der Waals surface area contributed by atoms with Crippen molar-refractivity contribution in [3.63, 3.8) is 0 Å². The molecule has 0 aliphatic carbocycles. The first-order chi connectivity index (χ1) is 7.24. The summed E-state index contributed by atoms with van der Waals surface area (Å²) in [5, 5.41) is 2.22. The standard InChI is InChI=1S/C10H9NO3S/c1-13-9-7(10(12)14-2)4-3-5-8(9)11-6-15/h3-5H,1-2H3. The summed E-state index contributed by atoms with van der Waals surface area (Å²) in [4.78, 5) is 15.1. The molecule has 0 aromatic heterocycles. The molecule has 78 valence electrons. The fourth-order valence-corrected chi connectivity index (χ4v) is 1.25. The van der Waals surface area contributed by atoms with Gasteiger partial charge in [-0.15, -0.1) is 0 Å². The highest BCUT2D eigenvalue weighted by Gasteiger charge is 2.15. The molecule has 0 fully saturated rings. The van der Waals surface area contributed by atoms with Gasteiger partial charge in [-0.05, 0) is 24.4 Å². The van der Waals surface area contributed by atoms with Gasteiger partial charge in [0, 0.05) is 0 Å². The summed E-state index contributed by atoms with van der Waals surface area (Å²) < 4.78 is 9.68. The monoisotopic (exact) mass is 223 g/mol. The van der Waals surface area contributed by atoms with Crippen LogP contribution in [0.15, 0.2) is 23.2 Å². The molecule has 0 aliphatic rings. The minimum Gasteiger partial charge on any atom is -0.494 e. The molecule has 0 saturated carbocycles. The summed E-state index contributed by atoms with van der Waals surface area (Å²) in [5.41, 5.74) is 0.766. The first-order valence-corrected chi connectivity index (χ1v) is 4.48. The third kappa shape index (κ3) is 2.40. The van der Waals surface area contributed by atoms with Crippen molar-refractivity contribution in [2.75, 3.05) is 14.2 Å². The van der Waals surface area contributed by atoms with E-state index in [2.05, 4.69) is 27.1 Å². The largest absolute Gasteiger partial charge is 0.494 e. The molecule has 0 atom stereocenters. The Morgan fingerprint density at radius 2 is 2.20 bits per heavy atom. The molecule has 0 unspecified atom stereocenters. The van der Waals surface area contributed by atoms with Crippen molar-refractivity contribution in [1.82, 2.24) is 0 Å². The highest BCUT2D eigenvalue weighted by Crippen LogP contribution is 2.31. The van der Waals surface area contributed by atoms with Gasteiger partial charge in [-0.25, -0.2) is 4.79 Å². The zero-order chi connectivity index (χ0) is 11.3. The number of methoxy groups -OCH3 is 2. The number of ether oxygens (including phenoxy) is 2. The summed E-state index contributed by atoms with van der Waals surface area (Å²) in [6.45, 7) is 0. The van der Waals surface area contributed by atoms with Crippen molar-refractivity contribution in [3.8, 4) is 5.75 Å². The van der Waals surface area contributed by atoms with Gasteiger partial charge in [0.1, 0.15) is 11.3 Å². The molecule has 1 rings (SSSR count). The second kappa shape index (κ2) is 5.24. The Kier molecular flexibility index (Phi) is 3.97. The first kappa shape index (κ1) is 11.4. The van der Waals surface area contributed by atoms with Crippen LogP contribution >= 0.6 is 12.2 Å². The van der Waals surface area contributed by atoms with E-state index in [1.54, 1.807) is 18.2 Å². The Morgan fingerprint density at radius 3 is 2.73 bits per heavy atom. The Labute approximate surface area is 92.5 Å². The molecule has 15 heavy (non-hydrogen) atoms. The topological polar surface area (TPSA) is 47.9 Å². The number of rotatable bonds is 3. The molecule has 0 heterocycles. The van der Waals surface area contributed by atoms with Gasteiger partial charge in [-0.1, -0.05) is 6.07 Å². The van der Waals surface area contributed by atoms with Crippen molar-refractivity contribution in [1.29, 1.82) is 0 Å². The lowest BCUT2D eigenvalue weighted by Crippen LogP contribution is -2.03. The molecular formula is C10H9NO3S. The highest BCUT2D eigenvalue weighted by atomic mass is 32.1. The van der Waals surface area contributed by atoms with Crippen LogP contribution < -0.4 is 4.74 Å². The molecule has 0 saturated heterocycles. The number of para-hydroxylation sites is 1. The van der Waals surface area contributed by atoms with E-state index in [4.69, 9.17) is 4.74 Å². The Morgan fingerprint density at radius 1 is 1.47 bits per heavy atom. The molecule has 1 aromatic rings. The van der Waals surface area contributed by atoms with Gasteiger partial charge in [0.05, 0.1) is 19.4 Å². The molecule has 0 amide bonds. The Hall–Kier alpha value is -1.71. The van der Waals surface area contributed by atoms with Gasteiger partial charge >= 0.3 is 5.97 Å². The van der Waals surface area contributed by atoms with Crippen LogP contribution in [0.5, 0.6) is 5.75 Å². The van der Waals surface area contributed by atoms with Crippen molar-refractivity contribution in [2.24, 2.45) is 4.99 Å². The predicted molar refractivity (Wildman–Crippen MR) is 59.0 cm³/mol. The van der Waals surface area contributed by atoms with E-state index in [-0.39, 0.29) is 0 Å². The highest BCUT2D eigenvalue weighted by molar-refractivity contribution is 7.78. The maximum absolute atomic E-state index is 11.4. The van der Waals surface area contributed by atoms with Gasteiger partial charge in [-0.2, -0.15) is 4.99 Å². The van der Waals surface area contributed by atoms with E-state index >= 15 is 0 Å². The molecule has 0 spiro atoms. The zero-order valence-corrected chi connectivity index (χ0v) is 9.13. The average Bonchev–Trinajstić information content (AvgIpc) is 2.28. The number of hydrogen-bond acceptors (Lipinski definition) is 5. The average molecular weight is 223 g/mol. The third-order valence-electron chi connectivity index (χ3n) is 1.77. The summed E-state index contributed by atoms with van der Waals surface area (Å²) >= 11 is 4.49. The van der Waals surface area contributed by atoms with Crippen LogP contribution in [0.25, 0.3) is 0 Å².